The second-order valence-corrected chi connectivity index (χ2v) is 8.53. The van der Waals surface area contributed by atoms with E-state index in [4.69, 9.17) is 15.3 Å². The Morgan fingerprint density at radius 3 is 2.53 bits per heavy atom. The minimum Gasteiger partial charge on any atom is -0.505 e. The van der Waals surface area contributed by atoms with Crippen molar-refractivity contribution >= 4 is 23.2 Å². The molecule has 2 fully saturated rings. The van der Waals surface area contributed by atoms with Crippen LogP contribution >= 0.6 is 0 Å². The van der Waals surface area contributed by atoms with Gasteiger partial charge in [0.2, 0.25) is 5.91 Å². The molecule has 9 nitrogen and oxygen atoms in total. The Balaban J connectivity index is 1.52. The van der Waals surface area contributed by atoms with Gasteiger partial charge in [-0.2, -0.15) is 0 Å². The number of carbonyl (C=O) groups excluding carboxylic acids is 1. The molecule has 1 atom stereocenters. The molecule has 0 aliphatic carbocycles. The lowest BCUT2D eigenvalue weighted by molar-refractivity contribution is -0.327. The number of aliphatic hydroxyl groups is 1. The molecule has 0 radical (unpaired) electrons. The maximum absolute atomic E-state index is 13.0. The Kier molecular flexibility index (Phi) is 6.32. The second-order valence-electron chi connectivity index (χ2n) is 8.53. The van der Waals surface area contributed by atoms with Crippen LogP contribution in [0.3, 0.4) is 0 Å². The Hall–Kier alpha value is -3.44. The summed E-state index contributed by atoms with van der Waals surface area (Å²) in [6.07, 6.45) is -2.91. The van der Waals surface area contributed by atoms with E-state index in [0.717, 1.165) is 0 Å². The predicted octanol–water partition coefficient (Wildman–Crippen LogP) is 3.21. The highest BCUT2D eigenvalue weighted by Gasteiger charge is 2.43. The minimum atomic E-state index is -4.28. The molecule has 0 unspecified atom stereocenters. The molecule has 2 aliphatic heterocycles. The number of hydrogen-bond acceptors (Lipinski definition) is 7. The van der Waals surface area contributed by atoms with E-state index in [1.54, 1.807) is 25.1 Å². The van der Waals surface area contributed by atoms with Crippen molar-refractivity contribution in [2.24, 2.45) is 0 Å². The smallest absolute Gasteiger partial charge is 0.505 e. The lowest BCUT2D eigenvalue weighted by atomic mass is 9.85. The first kappa shape index (κ1) is 23.7. The third-order valence-corrected chi connectivity index (χ3v) is 5.97. The molecule has 0 spiro atoms. The molecule has 0 saturated carbocycles. The van der Waals surface area contributed by atoms with Gasteiger partial charge in [-0.25, -0.2) is 0 Å². The SMILES string of the molecule is C[C@@]1(c2cccc(Nc3ccc(OC(O)(F)F)cc3)c2O)CC(=O)N(C2CCOCC2)C(=N)N1. The Morgan fingerprint density at radius 2 is 1.91 bits per heavy atom. The van der Waals surface area contributed by atoms with E-state index in [2.05, 4.69) is 15.4 Å². The monoisotopic (exact) mass is 476 g/mol. The van der Waals surface area contributed by atoms with Gasteiger partial charge in [0.1, 0.15) is 11.5 Å². The van der Waals surface area contributed by atoms with Crippen molar-refractivity contribution in [3.05, 3.63) is 48.0 Å². The molecule has 11 heteroatoms. The number of nitrogens with zero attached hydrogens (tertiary/aromatic N) is 1. The summed E-state index contributed by atoms with van der Waals surface area (Å²) >= 11 is 0. The third-order valence-electron chi connectivity index (χ3n) is 5.97. The summed E-state index contributed by atoms with van der Waals surface area (Å²) in [6.45, 7) is 2.84. The van der Waals surface area contributed by atoms with Crippen LogP contribution in [0.5, 0.6) is 11.5 Å². The topological polar surface area (TPSA) is 127 Å². The number of para-hydroxylation sites is 1. The van der Waals surface area contributed by atoms with Crippen LogP contribution < -0.4 is 15.4 Å². The number of aromatic hydroxyl groups is 1. The van der Waals surface area contributed by atoms with Crippen molar-refractivity contribution in [1.82, 2.24) is 10.2 Å². The fourth-order valence-electron chi connectivity index (χ4n) is 4.36. The van der Waals surface area contributed by atoms with Gasteiger partial charge in [0.05, 0.1) is 17.6 Å². The number of halogens is 2. The molecule has 182 valence electrons. The zero-order valence-electron chi connectivity index (χ0n) is 18.5. The van der Waals surface area contributed by atoms with E-state index in [0.29, 0.717) is 43.0 Å². The van der Waals surface area contributed by atoms with Gasteiger partial charge in [0.25, 0.3) is 0 Å². The fraction of sp³-hybridized carbons (Fsp3) is 0.391. The maximum Gasteiger partial charge on any atom is 0.532 e. The van der Waals surface area contributed by atoms with E-state index in [1.807, 2.05) is 0 Å². The van der Waals surface area contributed by atoms with Gasteiger partial charge in [0.15, 0.2) is 5.96 Å². The number of anilines is 2. The van der Waals surface area contributed by atoms with Crippen molar-refractivity contribution in [2.45, 2.75) is 44.1 Å². The molecule has 2 aliphatic rings. The van der Waals surface area contributed by atoms with Gasteiger partial charge in [-0.15, -0.1) is 8.78 Å². The molecular weight excluding hydrogens is 450 g/mol. The summed E-state index contributed by atoms with van der Waals surface area (Å²) in [4.78, 5) is 14.5. The maximum atomic E-state index is 13.0. The van der Waals surface area contributed by atoms with Gasteiger partial charge in [-0.05, 0) is 50.1 Å². The van der Waals surface area contributed by atoms with E-state index >= 15 is 0 Å². The van der Waals surface area contributed by atoms with Crippen molar-refractivity contribution in [3.8, 4) is 11.5 Å². The van der Waals surface area contributed by atoms with Crippen LogP contribution in [0.1, 0.15) is 31.7 Å². The molecule has 1 amide bonds. The summed E-state index contributed by atoms with van der Waals surface area (Å²) in [5.41, 5.74) is 0.217. The molecule has 5 N–H and O–H groups in total. The number of nitrogens with one attached hydrogen (secondary N) is 3. The predicted molar refractivity (Wildman–Crippen MR) is 119 cm³/mol. The van der Waals surface area contributed by atoms with Gasteiger partial charge in [-0.3, -0.25) is 15.1 Å². The second kappa shape index (κ2) is 9.07. The Bertz CT molecular complexity index is 1050. The largest absolute Gasteiger partial charge is 0.532 e. The average Bonchev–Trinajstić information content (AvgIpc) is 2.75. The zero-order valence-corrected chi connectivity index (χ0v) is 18.5. The standard InChI is InChI=1S/C23H26F2N4O5/c1-22(13-19(30)29(21(26)28-22)15-9-11-33-12-10-15)17-3-2-4-18(20(17)31)27-14-5-7-16(8-6-14)34-23(24,25)32/h2-8,15,27,31-32H,9-13H2,1H3,(H2,26,28)/t22-/m0/s1. The molecule has 2 heterocycles. The van der Waals surface area contributed by atoms with Crippen LogP contribution in [-0.4, -0.2) is 52.5 Å². The summed E-state index contributed by atoms with van der Waals surface area (Å²) < 4.78 is 34.6. The molecule has 0 aromatic heterocycles. The highest BCUT2D eigenvalue weighted by Crippen LogP contribution is 2.40. The van der Waals surface area contributed by atoms with E-state index < -0.39 is 11.8 Å². The van der Waals surface area contributed by atoms with E-state index in [9.17, 15) is 18.7 Å². The van der Waals surface area contributed by atoms with E-state index in [-0.39, 0.29) is 35.8 Å². The lowest BCUT2D eigenvalue weighted by Gasteiger charge is -2.44. The quantitative estimate of drug-likeness (QED) is 0.320. The number of hydrogen-bond donors (Lipinski definition) is 5. The highest BCUT2D eigenvalue weighted by molar-refractivity contribution is 5.99. The molecule has 0 bridgehead atoms. The molecule has 2 aromatic rings. The highest BCUT2D eigenvalue weighted by atomic mass is 19.3. The minimum absolute atomic E-state index is 0.0142. The van der Waals surface area contributed by atoms with Crippen LogP contribution in [0.2, 0.25) is 0 Å². The van der Waals surface area contributed by atoms with Crippen LogP contribution in [0.4, 0.5) is 20.2 Å². The number of phenols is 1. The third kappa shape index (κ3) is 5.05. The van der Waals surface area contributed by atoms with Crippen LogP contribution in [0.25, 0.3) is 0 Å². The van der Waals surface area contributed by atoms with Gasteiger partial charge < -0.3 is 30.3 Å². The lowest BCUT2D eigenvalue weighted by Crippen LogP contribution is -2.62. The molecular formula is C23H26F2N4O5. The zero-order chi connectivity index (χ0) is 24.5. The van der Waals surface area contributed by atoms with Gasteiger partial charge in [-0.1, -0.05) is 12.1 Å². The van der Waals surface area contributed by atoms with Crippen molar-refractivity contribution in [2.75, 3.05) is 18.5 Å². The van der Waals surface area contributed by atoms with Crippen molar-refractivity contribution < 1.29 is 33.3 Å². The molecule has 4 rings (SSSR count). The molecule has 34 heavy (non-hydrogen) atoms. The Morgan fingerprint density at radius 1 is 1.24 bits per heavy atom. The number of ether oxygens (including phenoxy) is 2. The number of phenolic OH excluding ortho intramolecular Hbond substituents is 1. The summed E-state index contributed by atoms with van der Waals surface area (Å²) in [6, 6.07) is 10.3. The van der Waals surface area contributed by atoms with Crippen LogP contribution in [0, 0.1) is 5.41 Å². The first-order valence-electron chi connectivity index (χ1n) is 10.8. The average molecular weight is 476 g/mol. The number of benzene rings is 2. The summed E-state index contributed by atoms with van der Waals surface area (Å²) in [5, 5.41) is 34.0. The summed E-state index contributed by atoms with van der Waals surface area (Å²) in [7, 11) is 0. The summed E-state index contributed by atoms with van der Waals surface area (Å²) in [5.74, 6) is -0.562. The fourth-order valence-corrected chi connectivity index (χ4v) is 4.36. The Labute approximate surface area is 194 Å². The van der Waals surface area contributed by atoms with Gasteiger partial charge >= 0.3 is 6.29 Å². The first-order valence-corrected chi connectivity index (χ1v) is 10.8. The number of carbonyl (C=O) groups is 1. The van der Waals surface area contributed by atoms with E-state index in [1.165, 1.54) is 29.2 Å². The van der Waals surface area contributed by atoms with Gasteiger partial charge in [0, 0.05) is 30.5 Å². The first-order chi connectivity index (χ1) is 16.1. The van der Waals surface area contributed by atoms with Crippen LogP contribution in [0.15, 0.2) is 42.5 Å². The molecule has 2 saturated heterocycles. The number of alkyl halides is 2. The van der Waals surface area contributed by atoms with Crippen molar-refractivity contribution in [3.63, 3.8) is 0 Å². The number of rotatable bonds is 6. The normalized spacial score (nSPS) is 21.8. The van der Waals surface area contributed by atoms with Crippen LogP contribution in [-0.2, 0) is 15.1 Å². The number of guanidine groups is 1. The van der Waals surface area contributed by atoms with Crippen molar-refractivity contribution in [1.29, 1.82) is 5.41 Å². The molecule has 2 aromatic carbocycles. The number of amides is 1.